The summed E-state index contributed by atoms with van der Waals surface area (Å²) in [6, 6.07) is 13.3. The summed E-state index contributed by atoms with van der Waals surface area (Å²) in [4.78, 5) is 12.6. The highest BCUT2D eigenvalue weighted by Crippen LogP contribution is 2.50. The van der Waals surface area contributed by atoms with Crippen LogP contribution in [0.1, 0.15) is 39.9 Å². The number of carbonyl (C=O) groups excluding carboxylic acids is 1. The minimum atomic E-state index is -0.0980. The zero-order valence-corrected chi connectivity index (χ0v) is 14.5. The van der Waals surface area contributed by atoms with Gasteiger partial charge in [-0.3, -0.25) is 4.79 Å². The third-order valence-corrected chi connectivity index (χ3v) is 5.30. The fourth-order valence-electron chi connectivity index (χ4n) is 4.08. The Morgan fingerprint density at radius 2 is 2.08 bits per heavy atom. The summed E-state index contributed by atoms with van der Waals surface area (Å²) < 4.78 is 0. The lowest BCUT2D eigenvalue weighted by Gasteiger charge is -2.38. The van der Waals surface area contributed by atoms with Gasteiger partial charge in [-0.15, -0.1) is 6.58 Å². The molecule has 1 heterocycles. The Morgan fingerprint density at radius 3 is 2.85 bits per heavy atom. The summed E-state index contributed by atoms with van der Waals surface area (Å²) in [7, 11) is 0. The minimum Gasteiger partial charge on any atom is -0.508 e. The molecule has 0 spiro atoms. The average Bonchev–Trinajstić information content (AvgIpc) is 3.16. The first-order valence-corrected chi connectivity index (χ1v) is 8.93. The third-order valence-electron chi connectivity index (χ3n) is 5.30. The molecule has 0 fully saturated rings. The van der Waals surface area contributed by atoms with Crippen LogP contribution in [0.3, 0.4) is 0 Å². The number of phenols is 1. The van der Waals surface area contributed by atoms with E-state index in [2.05, 4.69) is 35.4 Å². The second-order valence-electron chi connectivity index (χ2n) is 6.84. The van der Waals surface area contributed by atoms with Crippen LogP contribution in [-0.4, -0.2) is 17.6 Å². The lowest BCUT2D eigenvalue weighted by molar-refractivity contribution is 0.0958. The molecule has 0 bridgehead atoms. The molecular formula is C22H22N2O2. The third kappa shape index (κ3) is 2.77. The van der Waals surface area contributed by atoms with Crippen LogP contribution in [0.5, 0.6) is 5.75 Å². The van der Waals surface area contributed by atoms with Crippen molar-refractivity contribution in [2.24, 2.45) is 5.92 Å². The Balaban J connectivity index is 1.76. The molecule has 0 saturated carbocycles. The summed E-state index contributed by atoms with van der Waals surface area (Å²) in [5.41, 5.74) is 3.85. The Hall–Kier alpha value is -3.01. The number of aromatic hydroxyl groups is 1. The van der Waals surface area contributed by atoms with Crippen molar-refractivity contribution in [1.82, 2.24) is 5.32 Å². The Labute approximate surface area is 153 Å². The molecule has 0 radical (unpaired) electrons. The van der Waals surface area contributed by atoms with Gasteiger partial charge in [0.1, 0.15) is 5.75 Å². The number of hydrogen-bond acceptors (Lipinski definition) is 3. The SMILES string of the molecule is C=CCNC(=O)c1cccc2c1NC(c1ccc(O)cc1)C1CC=CC21. The number of nitrogens with one attached hydrogen (secondary N) is 2. The molecule has 3 atom stereocenters. The van der Waals surface area contributed by atoms with E-state index in [0.717, 1.165) is 17.7 Å². The molecule has 2 aromatic carbocycles. The van der Waals surface area contributed by atoms with Crippen LogP contribution in [0.2, 0.25) is 0 Å². The highest BCUT2D eigenvalue weighted by atomic mass is 16.3. The molecule has 1 amide bonds. The van der Waals surface area contributed by atoms with E-state index in [0.29, 0.717) is 18.0 Å². The molecule has 26 heavy (non-hydrogen) atoms. The topological polar surface area (TPSA) is 61.4 Å². The van der Waals surface area contributed by atoms with E-state index in [1.165, 1.54) is 5.56 Å². The smallest absolute Gasteiger partial charge is 0.253 e. The maximum absolute atomic E-state index is 12.6. The fourth-order valence-corrected chi connectivity index (χ4v) is 4.08. The van der Waals surface area contributed by atoms with E-state index in [4.69, 9.17) is 0 Å². The van der Waals surface area contributed by atoms with Crippen LogP contribution in [0, 0.1) is 5.92 Å². The zero-order valence-electron chi connectivity index (χ0n) is 14.5. The van der Waals surface area contributed by atoms with Gasteiger partial charge in [-0.25, -0.2) is 0 Å². The number of benzene rings is 2. The molecule has 132 valence electrons. The van der Waals surface area contributed by atoms with Crippen LogP contribution in [0.4, 0.5) is 5.69 Å². The largest absolute Gasteiger partial charge is 0.508 e. The maximum Gasteiger partial charge on any atom is 0.253 e. The van der Waals surface area contributed by atoms with E-state index in [1.54, 1.807) is 18.2 Å². The van der Waals surface area contributed by atoms with Crippen molar-refractivity contribution < 1.29 is 9.90 Å². The second kappa shape index (κ2) is 6.71. The van der Waals surface area contributed by atoms with Crippen LogP contribution in [-0.2, 0) is 0 Å². The van der Waals surface area contributed by atoms with Gasteiger partial charge in [0.2, 0.25) is 0 Å². The second-order valence-corrected chi connectivity index (χ2v) is 6.84. The van der Waals surface area contributed by atoms with Gasteiger partial charge >= 0.3 is 0 Å². The van der Waals surface area contributed by atoms with Gasteiger partial charge in [0.05, 0.1) is 17.3 Å². The maximum atomic E-state index is 12.6. The number of fused-ring (bicyclic) bond motifs is 3. The van der Waals surface area contributed by atoms with E-state index < -0.39 is 0 Å². The normalized spacial score (nSPS) is 22.8. The Morgan fingerprint density at radius 1 is 1.27 bits per heavy atom. The van der Waals surface area contributed by atoms with E-state index in [1.807, 2.05) is 24.3 Å². The summed E-state index contributed by atoms with van der Waals surface area (Å²) >= 11 is 0. The van der Waals surface area contributed by atoms with Crippen LogP contribution in [0.25, 0.3) is 0 Å². The van der Waals surface area contributed by atoms with E-state index in [-0.39, 0.29) is 23.6 Å². The number of para-hydroxylation sites is 1. The molecule has 1 aliphatic heterocycles. The van der Waals surface area contributed by atoms with E-state index in [9.17, 15) is 9.90 Å². The first kappa shape index (κ1) is 16.5. The van der Waals surface area contributed by atoms with Gasteiger partial charge in [-0.2, -0.15) is 0 Å². The number of anilines is 1. The van der Waals surface area contributed by atoms with Crippen molar-refractivity contribution in [3.8, 4) is 5.75 Å². The summed E-state index contributed by atoms with van der Waals surface area (Å²) in [6.07, 6.45) is 7.15. The lowest BCUT2D eigenvalue weighted by atomic mass is 9.76. The number of amides is 1. The molecule has 0 aromatic heterocycles. The van der Waals surface area contributed by atoms with Gasteiger partial charge in [0, 0.05) is 12.5 Å². The molecule has 3 N–H and O–H groups in total. The Bertz CT molecular complexity index is 870. The van der Waals surface area contributed by atoms with Gasteiger partial charge < -0.3 is 15.7 Å². The zero-order chi connectivity index (χ0) is 18.1. The summed E-state index contributed by atoms with van der Waals surface area (Å²) in [5, 5.41) is 16.1. The van der Waals surface area contributed by atoms with Crippen molar-refractivity contribution >= 4 is 11.6 Å². The van der Waals surface area contributed by atoms with Gasteiger partial charge in [-0.1, -0.05) is 42.5 Å². The molecule has 1 aliphatic carbocycles. The molecule has 4 rings (SSSR count). The van der Waals surface area contributed by atoms with Gasteiger partial charge in [0.15, 0.2) is 0 Å². The number of carbonyl (C=O) groups is 1. The van der Waals surface area contributed by atoms with E-state index >= 15 is 0 Å². The standard InChI is InChI=1S/C22H22N2O2/c1-2-13-23-22(26)19-8-4-7-18-16-5-3-6-17(16)20(24-21(18)19)14-9-11-15(25)12-10-14/h2-5,7-12,16-17,20,24-25H,1,6,13H2,(H,23,26). The van der Waals surface area contributed by atoms with Gasteiger partial charge in [0.25, 0.3) is 5.91 Å². The first-order chi connectivity index (χ1) is 12.7. The van der Waals surface area contributed by atoms with Crippen molar-refractivity contribution in [2.45, 2.75) is 18.4 Å². The van der Waals surface area contributed by atoms with Crippen LogP contribution in [0.15, 0.2) is 67.3 Å². The predicted octanol–water partition coefficient (Wildman–Crippen LogP) is 4.13. The summed E-state index contributed by atoms with van der Waals surface area (Å²) in [6.45, 7) is 4.10. The molecule has 2 aromatic rings. The van der Waals surface area contributed by atoms with Crippen molar-refractivity contribution in [3.63, 3.8) is 0 Å². The monoisotopic (exact) mass is 346 g/mol. The number of hydrogen-bond donors (Lipinski definition) is 3. The predicted molar refractivity (Wildman–Crippen MR) is 103 cm³/mol. The minimum absolute atomic E-state index is 0.0939. The van der Waals surface area contributed by atoms with Crippen molar-refractivity contribution in [1.29, 1.82) is 0 Å². The summed E-state index contributed by atoms with van der Waals surface area (Å²) in [5.74, 6) is 0.852. The number of phenolic OH excluding ortho intramolecular Hbond substituents is 1. The molecule has 0 saturated heterocycles. The number of rotatable bonds is 4. The molecule has 4 nitrogen and oxygen atoms in total. The average molecular weight is 346 g/mol. The fraction of sp³-hybridized carbons (Fsp3) is 0.227. The lowest BCUT2D eigenvalue weighted by Crippen LogP contribution is -2.32. The van der Waals surface area contributed by atoms with Gasteiger partial charge in [-0.05, 0) is 41.7 Å². The first-order valence-electron chi connectivity index (χ1n) is 8.93. The number of allylic oxidation sites excluding steroid dienone is 2. The van der Waals surface area contributed by atoms with Crippen molar-refractivity contribution in [2.75, 3.05) is 11.9 Å². The quantitative estimate of drug-likeness (QED) is 0.729. The molecule has 2 aliphatic rings. The highest BCUT2D eigenvalue weighted by Gasteiger charge is 2.39. The Kier molecular flexibility index (Phi) is 4.25. The molecular weight excluding hydrogens is 324 g/mol. The van der Waals surface area contributed by atoms with Crippen LogP contribution >= 0.6 is 0 Å². The molecule has 3 unspecified atom stereocenters. The van der Waals surface area contributed by atoms with Crippen molar-refractivity contribution in [3.05, 3.63) is 84.0 Å². The molecule has 4 heteroatoms. The highest BCUT2D eigenvalue weighted by molar-refractivity contribution is 6.00. The van der Waals surface area contributed by atoms with Crippen LogP contribution < -0.4 is 10.6 Å².